The van der Waals surface area contributed by atoms with Crippen molar-refractivity contribution in [1.29, 1.82) is 0 Å². The van der Waals surface area contributed by atoms with Crippen LogP contribution >= 0.6 is 0 Å². The fourth-order valence-electron chi connectivity index (χ4n) is 3.05. The van der Waals surface area contributed by atoms with Crippen LogP contribution in [0, 0.1) is 0 Å². The predicted octanol–water partition coefficient (Wildman–Crippen LogP) is 2.88. The first-order chi connectivity index (χ1) is 11.7. The van der Waals surface area contributed by atoms with Crippen LogP contribution in [0.5, 0.6) is 11.5 Å². The van der Waals surface area contributed by atoms with Crippen molar-refractivity contribution in [3.05, 3.63) is 59.7 Å². The van der Waals surface area contributed by atoms with Gasteiger partial charge in [0, 0.05) is 19.6 Å². The van der Waals surface area contributed by atoms with Crippen molar-refractivity contribution in [2.24, 2.45) is 0 Å². The van der Waals surface area contributed by atoms with Crippen LogP contribution in [0.1, 0.15) is 18.1 Å². The van der Waals surface area contributed by atoms with Gasteiger partial charge in [-0.15, -0.1) is 0 Å². The molecule has 0 aliphatic carbocycles. The average Bonchev–Trinajstić information content (AvgIpc) is 2.61. The van der Waals surface area contributed by atoms with E-state index in [1.54, 1.807) is 0 Å². The molecule has 0 fully saturated rings. The number of rotatable bonds is 7. The molecule has 1 atom stereocenters. The molecule has 4 nitrogen and oxygen atoms in total. The second-order valence-corrected chi connectivity index (χ2v) is 6.12. The molecule has 1 aliphatic heterocycles. The normalized spacial score (nSPS) is 15.6. The Balaban J connectivity index is 1.45. The molecule has 0 saturated carbocycles. The number of aliphatic hydroxyl groups excluding tert-OH is 1. The van der Waals surface area contributed by atoms with Gasteiger partial charge in [-0.25, -0.2) is 0 Å². The lowest BCUT2D eigenvalue weighted by Gasteiger charge is -2.30. The van der Waals surface area contributed by atoms with E-state index >= 15 is 0 Å². The largest absolute Gasteiger partial charge is 0.494 e. The molecule has 0 aromatic heterocycles. The van der Waals surface area contributed by atoms with E-state index in [0.717, 1.165) is 31.0 Å². The first-order valence-corrected chi connectivity index (χ1v) is 8.57. The third kappa shape index (κ3) is 4.49. The van der Waals surface area contributed by atoms with E-state index in [4.69, 9.17) is 9.47 Å². The first kappa shape index (κ1) is 16.8. The van der Waals surface area contributed by atoms with E-state index in [1.165, 1.54) is 11.1 Å². The molecule has 0 saturated heterocycles. The number of benzene rings is 2. The summed E-state index contributed by atoms with van der Waals surface area (Å²) in [5.74, 6) is 1.58. The minimum atomic E-state index is -0.498. The number of hydrogen-bond acceptors (Lipinski definition) is 4. The SMILES string of the molecule is CCOc1ccc(OC[C@H](O)CN2CCc3ccccc3C2)cc1. The summed E-state index contributed by atoms with van der Waals surface area (Å²) in [5, 5.41) is 10.3. The van der Waals surface area contributed by atoms with Gasteiger partial charge in [-0.05, 0) is 48.7 Å². The molecule has 128 valence electrons. The molecule has 0 bridgehead atoms. The van der Waals surface area contributed by atoms with Crippen molar-refractivity contribution in [3.8, 4) is 11.5 Å². The molecule has 1 aliphatic rings. The van der Waals surface area contributed by atoms with Crippen molar-refractivity contribution in [1.82, 2.24) is 4.90 Å². The molecule has 2 aromatic carbocycles. The van der Waals surface area contributed by atoms with Crippen LogP contribution in [0.25, 0.3) is 0 Å². The highest BCUT2D eigenvalue weighted by molar-refractivity contribution is 5.31. The summed E-state index contributed by atoms with van der Waals surface area (Å²) in [7, 11) is 0. The molecule has 24 heavy (non-hydrogen) atoms. The second kappa shape index (κ2) is 8.18. The van der Waals surface area contributed by atoms with E-state index in [9.17, 15) is 5.11 Å². The van der Waals surface area contributed by atoms with Gasteiger partial charge in [0.1, 0.15) is 24.2 Å². The van der Waals surface area contributed by atoms with E-state index in [-0.39, 0.29) is 0 Å². The van der Waals surface area contributed by atoms with Crippen molar-refractivity contribution in [2.75, 3.05) is 26.3 Å². The van der Waals surface area contributed by atoms with E-state index < -0.39 is 6.10 Å². The van der Waals surface area contributed by atoms with Crippen LogP contribution in [-0.4, -0.2) is 42.4 Å². The molecule has 0 unspecified atom stereocenters. The maximum absolute atomic E-state index is 10.3. The van der Waals surface area contributed by atoms with Gasteiger partial charge in [-0.3, -0.25) is 4.90 Å². The lowest BCUT2D eigenvalue weighted by Crippen LogP contribution is -2.38. The molecular formula is C20H25NO3. The first-order valence-electron chi connectivity index (χ1n) is 8.57. The number of hydrogen-bond donors (Lipinski definition) is 1. The molecule has 0 radical (unpaired) electrons. The van der Waals surface area contributed by atoms with Crippen molar-refractivity contribution < 1.29 is 14.6 Å². The van der Waals surface area contributed by atoms with Crippen LogP contribution in [-0.2, 0) is 13.0 Å². The number of nitrogens with zero attached hydrogens (tertiary/aromatic N) is 1. The highest BCUT2D eigenvalue weighted by atomic mass is 16.5. The zero-order chi connectivity index (χ0) is 16.8. The number of ether oxygens (including phenoxy) is 2. The fourth-order valence-corrected chi connectivity index (χ4v) is 3.05. The van der Waals surface area contributed by atoms with Gasteiger partial charge in [0.15, 0.2) is 0 Å². The van der Waals surface area contributed by atoms with Crippen LogP contribution in [0.15, 0.2) is 48.5 Å². The Morgan fingerprint density at radius 1 is 1.00 bits per heavy atom. The van der Waals surface area contributed by atoms with Gasteiger partial charge in [0.05, 0.1) is 6.61 Å². The highest BCUT2D eigenvalue weighted by Crippen LogP contribution is 2.20. The van der Waals surface area contributed by atoms with Gasteiger partial charge in [-0.2, -0.15) is 0 Å². The molecule has 2 aromatic rings. The van der Waals surface area contributed by atoms with Gasteiger partial charge in [-0.1, -0.05) is 24.3 Å². The third-order valence-corrected chi connectivity index (χ3v) is 4.26. The van der Waals surface area contributed by atoms with E-state index in [1.807, 2.05) is 31.2 Å². The van der Waals surface area contributed by atoms with E-state index in [2.05, 4.69) is 29.2 Å². The molecule has 0 amide bonds. The minimum Gasteiger partial charge on any atom is -0.494 e. The minimum absolute atomic E-state index is 0.298. The van der Waals surface area contributed by atoms with Crippen LogP contribution in [0.3, 0.4) is 0 Å². The summed E-state index contributed by atoms with van der Waals surface area (Å²) in [6, 6.07) is 16.0. The van der Waals surface area contributed by atoms with Crippen LogP contribution < -0.4 is 9.47 Å². The van der Waals surface area contributed by atoms with Crippen LogP contribution in [0.4, 0.5) is 0 Å². The average molecular weight is 327 g/mol. The Morgan fingerprint density at radius 2 is 1.67 bits per heavy atom. The summed E-state index contributed by atoms with van der Waals surface area (Å²) < 4.78 is 11.1. The molecule has 4 heteroatoms. The van der Waals surface area contributed by atoms with E-state index in [0.29, 0.717) is 19.8 Å². The zero-order valence-corrected chi connectivity index (χ0v) is 14.1. The van der Waals surface area contributed by atoms with Gasteiger partial charge in [0.2, 0.25) is 0 Å². The Labute approximate surface area is 143 Å². The summed E-state index contributed by atoms with van der Waals surface area (Å²) in [6.07, 6.45) is 0.546. The number of aliphatic hydroxyl groups is 1. The smallest absolute Gasteiger partial charge is 0.119 e. The molecule has 3 rings (SSSR count). The molecule has 1 heterocycles. The standard InChI is InChI=1S/C20H25NO3/c1-2-23-19-7-9-20(10-8-19)24-15-18(22)14-21-12-11-16-5-3-4-6-17(16)13-21/h3-10,18,22H,2,11-15H2,1H3/t18-/m1/s1. The van der Waals surface area contributed by atoms with Crippen molar-refractivity contribution in [3.63, 3.8) is 0 Å². The Hall–Kier alpha value is -2.04. The lowest BCUT2D eigenvalue weighted by atomic mass is 10.00. The maximum Gasteiger partial charge on any atom is 0.119 e. The molecule has 1 N–H and O–H groups in total. The topological polar surface area (TPSA) is 41.9 Å². The summed E-state index contributed by atoms with van der Waals surface area (Å²) >= 11 is 0. The Morgan fingerprint density at radius 3 is 2.38 bits per heavy atom. The fraction of sp³-hybridized carbons (Fsp3) is 0.400. The lowest BCUT2D eigenvalue weighted by molar-refractivity contribution is 0.0637. The highest BCUT2D eigenvalue weighted by Gasteiger charge is 2.18. The Bertz CT molecular complexity index is 642. The van der Waals surface area contributed by atoms with Gasteiger partial charge < -0.3 is 14.6 Å². The molecular weight excluding hydrogens is 302 g/mol. The molecule has 0 spiro atoms. The third-order valence-electron chi connectivity index (χ3n) is 4.26. The van der Waals surface area contributed by atoms with Crippen molar-refractivity contribution in [2.45, 2.75) is 26.0 Å². The quantitative estimate of drug-likeness (QED) is 0.849. The summed E-state index contributed by atoms with van der Waals surface area (Å²) in [4.78, 5) is 2.29. The van der Waals surface area contributed by atoms with Gasteiger partial charge >= 0.3 is 0 Å². The maximum atomic E-state index is 10.3. The monoisotopic (exact) mass is 327 g/mol. The van der Waals surface area contributed by atoms with Gasteiger partial charge in [0.25, 0.3) is 0 Å². The number of fused-ring (bicyclic) bond motifs is 1. The predicted molar refractivity (Wildman–Crippen MR) is 94.5 cm³/mol. The summed E-state index contributed by atoms with van der Waals surface area (Å²) in [5.41, 5.74) is 2.79. The second-order valence-electron chi connectivity index (χ2n) is 6.12. The number of β-amino-alcohol motifs (C(OH)–C–C–N with tert-alkyl or cyclic N) is 1. The van der Waals surface area contributed by atoms with Crippen molar-refractivity contribution >= 4 is 0 Å². The summed E-state index contributed by atoms with van der Waals surface area (Å²) in [6.45, 7) is 5.42. The van der Waals surface area contributed by atoms with Crippen LogP contribution in [0.2, 0.25) is 0 Å². The Kier molecular flexibility index (Phi) is 5.72. The zero-order valence-electron chi connectivity index (χ0n) is 14.1.